The average Bonchev–Trinajstić information content (AvgIpc) is 3.33. The van der Waals surface area contributed by atoms with Gasteiger partial charge >= 0.3 is 0 Å². The third-order valence-corrected chi connectivity index (χ3v) is 15.0. The van der Waals surface area contributed by atoms with Crippen molar-refractivity contribution in [1.82, 2.24) is 4.90 Å². The minimum atomic E-state index is -1.83. The molecule has 3 aliphatic rings. The first kappa shape index (κ1) is 28.0. The van der Waals surface area contributed by atoms with Crippen LogP contribution in [0.5, 0.6) is 0 Å². The lowest BCUT2D eigenvalue weighted by atomic mass is 9.48. The van der Waals surface area contributed by atoms with Crippen LogP contribution >= 0.6 is 0 Å². The predicted molar refractivity (Wildman–Crippen MR) is 147 cm³/mol. The molecule has 3 fully saturated rings. The fourth-order valence-corrected chi connectivity index (χ4v) is 8.59. The Bertz CT molecular complexity index is 900. The lowest BCUT2D eigenvalue weighted by Gasteiger charge is -2.57. The van der Waals surface area contributed by atoms with Crippen LogP contribution in [0.25, 0.3) is 0 Å². The second kappa shape index (κ2) is 10.6. The number of nitrogens with zero attached hydrogens (tertiary/aromatic N) is 1. The smallest absolute Gasteiger partial charge is 0.191 e. The van der Waals surface area contributed by atoms with Crippen LogP contribution in [0.3, 0.4) is 0 Å². The number of ether oxygens (including phenoxy) is 2. The van der Waals surface area contributed by atoms with E-state index in [1.807, 2.05) is 0 Å². The van der Waals surface area contributed by atoms with Crippen LogP contribution in [0.4, 0.5) is 0 Å². The zero-order chi connectivity index (χ0) is 26.2. The summed E-state index contributed by atoms with van der Waals surface area (Å²) in [6.07, 6.45) is 5.51. The molecule has 1 heterocycles. The number of ketones is 1. The summed E-state index contributed by atoms with van der Waals surface area (Å²) in [5, 5.41) is 0.195. The number of carbonyl (C=O) groups excluding carboxylic acids is 1. The van der Waals surface area contributed by atoms with Crippen molar-refractivity contribution in [3.05, 3.63) is 35.9 Å². The van der Waals surface area contributed by atoms with Gasteiger partial charge in [-0.2, -0.15) is 0 Å². The number of hydrogen-bond donors (Lipinski definition) is 0. The van der Waals surface area contributed by atoms with Crippen molar-refractivity contribution in [3.63, 3.8) is 0 Å². The van der Waals surface area contributed by atoms with Crippen LogP contribution < -0.4 is 0 Å². The van der Waals surface area contributed by atoms with Crippen LogP contribution in [0, 0.1) is 16.7 Å². The Morgan fingerprint density at radius 1 is 1.14 bits per heavy atom. The first-order chi connectivity index (χ1) is 17.0. The molecule has 0 N–H and O–H groups in total. The molecule has 1 aromatic rings. The van der Waals surface area contributed by atoms with E-state index in [0.717, 1.165) is 51.8 Å². The van der Waals surface area contributed by atoms with Crippen molar-refractivity contribution in [3.8, 4) is 0 Å². The lowest BCUT2D eigenvalue weighted by Crippen LogP contribution is -2.62. The quantitative estimate of drug-likeness (QED) is 0.280. The van der Waals surface area contributed by atoms with E-state index in [0.29, 0.717) is 24.2 Å². The molecular formula is C30H49NO4Si. The molecule has 1 spiro atoms. The molecule has 0 unspecified atom stereocenters. The van der Waals surface area contributed by atoms with E-state index in [-0.39, 0.29) is 23.4 Å². The molecule has 4 rings (SSSR count). The Labute approximate surface area is 220 Å². The van der Waals surface area contributed by atoms with Gasteiger partial charge in [0.1, 0.15) is 12.6 Å². The summed E-state index contributed by atoms with van der Waals surface area (Å²) in [5.41, 5.74) is 0.784. The number of methoxy groups -OCH3 is 1. The van der Waals surface area contributed by atoms with Gasteiger partial charge in [0.2, 0.25) is 0 Å². The molecule has 5 atom stereocenters. The summed E-state index contributed by atoms with van der Waals surface area (Å²) >= 11 is 0. The van der Waals surface area contributed by atoms with Crippen LogP contribution in [0.1, 0.15) is 71.8 Å². The van der Waals surface area contributed by atoms with Gasteiger partial charge in [-0.05, 0) is 61.7 Å². The molecule has 0 amide bonds. The second-order valence-electron chi connectivity index (χ2n) is 13.2. The van der Waals surface area contributed by atoms with Gasteiger partial charge in [-0.1, -0.05) is 58.0 Å². The number of carbonyl (C=O) groups is 1. The monoisotopic (exact) mass is 515 g/mol. The highest BCUT2D eigenvalue weighted by Gasteiger charge is 2.70. The number of Topliss-reactive ketones (excluding diaryl/α,β-unsaturated/α-hetero) is 1. The fraction of sp³-hybridized carbons (Fsp3) is 0.767. The van der Waals surface area contributed by atoms with Crippen molar-refractivity contribution in [2.24, 2.45) is 16.7 Å². The Balaban J connectivity index is 1.66. The fourth-order valence-electron chi connectivity index (χ4n) is 7.53. The van der Waals surface area contributed by atoms with Crippen molar-refractivity contribution >= 4 is 14.1 Å². The molecule has 2 aliphatic carbocycles. The molecule has 1 saturated heterocycles. The Morgan fingerprint density at radius 3 is 2.47 bits per heavy atom. The third kappa shape index (κ3) is 4.77. The number of hydrogen-bond acceptors (Lipinski definition) is 5. The molecule has 5 nitrogen and oxygen atoms in total. The van der Waals surface area contributed by atoms with Crippen LogP contribution in [0.15, 0.2) is 30.3 Å². The topological polar surface area (TPSA) is 48.0 Å². The molecule has 36 heavy (non-hydrogen) atoms. The maximum atomic E-state index is 13.9. The van der Waals surface area contributed by atoms with Gasteiger partial charge in [0.25, 0.3) is 0 Å². The SMILES string of the molecule is COCO[C@H]1CC[C@H]2N(Cc3ccccc3)C[C@@H](CCO[Si](C)(C)C(C)(C)C)[C@@]2(C)[C@]12CCCC2=O. The molecule has 0 aromatic heterocycles. The zero-order valence-electron chi connectivity index (χ0n) is 23.8. The summed E-state index contributed by atoms with van der Waals surface area (Å²) in [6.45, 7) is 17.0. The van der Waals surface area contributed by atoms with Crippen molar-refractivity contribution in [1.29, 1.82) is 0 Å². The van der Waals surface area contributed by atoms with Crippen LogP contribution in [-0.4, -0.2) is 58.2 Å². The predicted octanol–water partition coefficient (Wildman–Crippen LogP) is 6.43. The van der Waals surface area contributed by atoms with Gasteiger partial charge in [0, 0.05) is 44.7 Å². The summed E-state index contributed by atoms with van der Waals surface area (Å²) in [7, 11) is -0.154. The first-order valence-corrected chi connectivity index (χ1v) is 16.9. The summed E-state index contributed by atoms with van der Waals surface area (Å²) in [5.74, 6) is 0.819. The second-order valence-corrected chi connectivity index (χ2v) is 18.0. The van der Waals surface area contributed by atoms with Crippen molar-refractivity contribution in [2.75, 3.05) is 27.1 Å². The summed E-state index contributed by atoms with van der Waals surface area (Å²) in [6, 6.07) is 11.2. The van der Waals surface area contributed by atoms with Gasteiger partial charge in [-0.15, -0.1) is 0 Å². The van der Waals surface area contributed by atoms with Crippen LogP contribution in [0.2, 0.25) is 18.1 Å². The van der Waals surface area contributed by atoms with E-state index < -0.39 is 13.7 Å². The van der Waals surface area contributed by atoms with Crippen molar-refractivity contribution < 1.29 is 18.7 Å². The average molecular weight is 516 g/mol. The maximum absolute atomic E-state index is 13.9. The van der Waals surface area contributed by atoms with Gasteiger partial charge in [-0.25, -0.2) is 0 Å². The van der Waals surface area contributed by atoms with Crippen molar-refractivity contribution in [2.45, 2.75) is 103 Å². The molecule has 1 aromatic carbocycles. The molecule has 0 radical (unpaired) electrons. The highest BCUT2D eigenvalue weighted by molar-refractivity contribution is 6.74. The minimum absolute atomic E-state index is 0.0609. The maximum Gasteiger partial charge on any atom is 0.191 e. The third-order valence-electron chi connectivity index (χ3n) is 10.5. The largest absolute Gasteiger partial charge is 0.417 e. The van der Waals surface area contributed by atoms with E-state index in [9.17, 15) is 4.79 Å². The molecule has 0 bridgehead atoms. The highest BCUT2D eigenvalue weighted by atomic mass is 28.4. The molecule has 6 heteroatoms. The summed E-state index contributed by atoms with van der Waals surface area (Å²) < 4.78 is 18.3. The standard InChI is InChI=1S/C30H49NO4Si/c1-28(2,3)36(6,7)35-19-17-24-21-31(20-23-12-9-8-10-13-23)25-15-16-27(34-22-33-5)30(29(24,25)4)18-11-14-26(30)32/h8-10,12-13,24-25,27H,11,14-22H2,1-7H3/t24-,25-,27+,29-,30+/m1/s1. The summed E-state index contributed by atoms with van der Waals surface area (Å²) in [4.78, 5) is 16.6. The number of benzene rings is 1. The zero-order valence-corrected chi connectivity index (χ0v) is 24.8. The van der Waals surface area contributed by atoms with E-state index in [1.54, 1.807) is 7.11 Å². The van der Waals surface area contributed by atoms with E-state index in [4.69, 9.17) is 13.9 Å². The van der Waals surface area contributed by atoms with Crippen LogP contribution in [-0.2, 0) is 25.2 Å². The van der Waals surface area contributed by atoms with E-state index in [2.05, 4.69) is 76.0 Å². The molecule has 202 valence electrons. The molecular weight excluding hydrogens is 466 g/mol. The Morgan fingerprint density at radius 2 is 1.86 bits per heavy atom. The molecule has 1 aliphatic heterocycles. The van der Waals surface area contributed by atoms with Gasteiger partial charge in [0.05, 0.1) is 11.5 Å². The highest BCUT2D eigenvalue weighted by Crippen LogP contribution is 2.65. The normalized spacial score (nSPS) is 33.4. The minimum Gasteiger partial charge on any atom is -0.417 e. The first-order valence-electron chi connectivity index (χ1n) is 14.0. The van der Waals surface area contributed by atoms with E-state index >= 15 is 0 Å². The van der Waals surface area contributed by atoms with Gasteiger partial charge in [0.15, 0.2) is 8.32 Å². The molecule has 2 saturated carbocycles. The van der Waals surface area contributed by atoms with Gasteiger partial charge in [-0.3, -0.25) is 9.69 Å². The number of rotatable bonds is 9. The number of likely N-dealkylation sites (tertiary alicyclic amines) is 1. The Kier molecular flexibility index (Phi) is 8.24. The number of fused-ring (bicyclic) bond motifs is 2. The lowest BCUT2D eigenvalue weighted by molar-refractivity contribution is -0.193. The van der Waals surface area contributed by atoms with E-state index in [1.165, 1.54) is 5.56 Å². The van der Waals surface area contributed by atoms with Gasteiger partial charge < -0.3 is 13.9 Å². The Hall–Kier alpha value is -1.05.